The maximum Gasteiger partial charge on any atom is 0.0445 e. The fourth-order valence-corrected chi connectivity index (χ4v) is 3.50. The largest absolute Gasteiger partial charge is 0.330 e. The van der Waals surface area contributed by atoms with Crippen molar-refractivity contribution in [2.24, 2.45) is 5.73 Å². The highest BCUT2D eigenvalue weighted by Gasteiger charge is 2.04. The molecule has 2 heterocycles. The van der Waals surface area contributed by atoms with E-state index in [2.05, 4.69) is 31.2 Å². The zero-order valence-electron chi connectivity index (χ0n) is 8.82. The summed E-state index contributed by atoms with van der Waals surface area (Å²) < 4.78 is 0. The first-order chi connectivity index (χ1) is 7.29. The summed E-state index contributed by atoms with van der Waals surface area (Å²) in [6.45, 7) is 2.93. The molecular formula is C12H15NS2. The van der Waals surface area contributed by atoms with E-state index >= 15 is 0 Å². The Morgan fingerprint density at radius 2 is 1.80 bits per heavy atom. The number of rotatable bonds is 4. The molecule has 80 valence electrons. The van der Waals surface area contributed by atoms with Gasteiger partial charge in [-0.3, -0.25) is 0 Å². The molecule has 0 unspecified atom stereocenters. The Morgan fingerprint density at radius 3 is 2.47 bits per heavy atom. The lowest BCUT2D eigenvalue weighted by atomic mass is 10.2. The molecule has 2 N–H and O–H groups in total. The summed E-state index contributed by atoms with van der Waals surface area (Å²) in [4.78, 5) is 5.60. The van der Waals surface area contributed by atoms with Gasteiger partial charge in [0.2, 0.25) is 0 Å². The van der Waals surface area contributed by atoms with Crippen LogP contribution in [0.15, 0.2) is 24.3 Å². The van der Waals surface area contributed by atoms with Crippen LogP contribution in [-0.2, 0) is 6.42 Å². The maximum atomic E-state index is 5.50. The van der Waals surface area contributed by atoms with Gasteiger partial charge in [0, 0.05) is 19.5 Å². The maximum absolute atomic E-state index is 5.50. The van der Waals surface area contributed by atoms with E-state index in [4.69, 9.17) is 5.73 Å². The third-order valence-corrected chi connectivity index (χ3v) is 4.61. The predicted molar refractivity (Wildman–Crippen MR) is 69.7 cm³/mol. The highest BCUT2D eigenvalue weighted by molar-refractivity contribution is 7.22. The molecule has 0 aliphatic heterocycles. The molecule has 0 saturated carbocycles. The lowest BCUT2D eigenvalue weighted by Crippen LogP contribution is -1.98. The van der Waals surface area contributed by atoms with Crippen molar-refractivity contribution in [1.29, 1.82) is 0 Å². The molecule has 0 fully saturated rings. The van der Waals surface area contributed by atoms with Crippen LogP contribution in [0.3, 0.4) is 0 Å². The first-order valence-electron chi connectivity index (χ1n) is 5.15. The topological polar surface area (TPSA) is 26.0 Å². The monoisotopic (exact) mass is 237 g/mol. The Kier molecular flexibility index (Phi) is 3.57. The van der Waals surface area contributed by atoms with Crippen LogP contribution < -0.4 is 5.73 Å². The van der Waals surface area contributed by atoms with Gasteiger partial charge in [0.1, 0.15) is 0 Å². The number of aryl methyl sites for hydroxylation is 2. The quantitative estimate of drug-likeness (QED) is 0.862. The van der Waals surface area contributed by atoms with Gasteiger partial charge in [-0.05, 0) is 50.6 Å². The second kappa shape index (κ2) is 4.92. The highest BCUT2D eigenvalue weighted by Crippen LogP contribution is 2.33. The molecular weight excluding hydrogens is 222 g/mol. The zero-order chi connectivity index (χ0) is 10.7. The summed E-state index contributed by atoms with van der Waals surface area (Å²) in [5, 5.41) is 0. The third-order valence-electron chi connectivity index (χ3n) is 2.27. The van der Waals surface area contributed by atoms with Crippen LogP contribution in [0.4, 0.5) is 0 Å². The van der Waals surface area contributed by atoms with Gasteiger partial charge in [-0.15, -0.1) is 22.7 Å². The Bertz CT molecular complexity index is 428. The summed E-state index contributed by atoms with van der Waals surface area (Å²) in [7, 11) is 0. The standard InChI is InChI=1S/C12H15NS2/c1-9-4-6-11(14-9)12-7-5-10(15-12)3-2-8-13/h4-7H,2-3,8,13H2,1H3. The smallest absolute Gasteiger partial charge is 0.0445 e. The van der Waals surface area contributed by atoms with Gasteiger partial charge < -0.3 is 5.73 Å². The van der Waals surface area contributed by atoms with Gasteiger partial charge in [0.05, 0.1) is 0 Å². The minimum absolute atomic E-state index is 0.783. The number of hydrogen-bond acceptors (Lipinski definition) is 3. The summed E-state index contributed by atoms with van der Waals surface area (Å²) in [5.74, 6) is 0. The van der Waals surface area contributed by atoms with E-state index in [1.165, 1.54) is 19.5 Å². The van der Waals surface area contributed by atoms with Gasteiger partial charge in [0.15, 0.2) is 0 Å². The third kappa shape index (κ3) is 2.68. The van der Waals surface area contributed by atoms with E-state index in [1.54, 1.807) is 0 Å². The Hall–Kier alpha value is -0.640. The molecule has 0 spiro atoms. The predicted octanol–water partition coefficient (Wildman–Crippen LogP) is 3.68. The van der Waals surface area contributed by atoms with E-state index in [0.29, 0.717) is 0 Å². The van der Waals surface area contributed by atoms with Gasteiger partial charge in [-0.1, -0.05) is 0 Å². The van der Waals surface area contributed by atoms with Gasteiger partial charge in [0.25, 0.3) is 0 Å². The van der Waals surface area contributed by atoms with Crippen molar-refractivity contribution in [3.05, 3.63) is 34.0 Å². The molecule has 0 aliphatic rings. The highest BCUT2D eigenvalue weighted by atomic mass is 32.1. The Morgan fingerprint density at radius 1 is 1.07 bits per heavy atom. The van der Waals surface area contributed by atoms with Crippen molar-refractivity contribution < 1.29 is 0 Å². The van der Waals surface area contributed by atoms with Crippen molar-refractivity contribution in [3.63, 3.8) is 0 Å². The van der Waals surface area contributed by atoms with Gasteiger partial charge in [-0.25, -0.2) is 0 Å². The van der Waals surface area contributed by atoms with Crippen LogP contribution >= 0.6 is 22.7 Å². The second-order valence-corrected chi connectivity index (χ2v) is 6.02. The molecule has 0 aliphatic carbocycles. The average Bonchev–Trinajstić information content (AvgIpc) is 2.83. The summed E-state index contributed by atoms with van der Waals surface area (Å²) in [6, 6.07) is 8.84. The molecule has 0 radical (unpaired) electrons. The molecule has 0 bridgehead atoms. The van der Waals surface area contributed by atoms with Crippen LogP contribution in [0.1, 0.15) is 16.2 Å². The Labute approximate surface area is 98.6 Å². The zero-order valence-corrected chi connectivity index (χ0v) is 10.5. The minimum Gasteiger partial charge on any atom is -0.330 e. The number of thiophene rings is 2. The van der Waals surface area contributed by atoms with Crippen molar-refractivity contribution >= 4 is 22.7 Å². The summed E-state index contributed by atoms with van der Waals surface area (Å²) in [5.41, 5.74) is 5.50. The van der Waals surface area contributed by atoms with Crippen molar-refractivity contribution in [1.82, 2.24) is 0 Å². The SMILES string of the molecule is Cc1ccc(-c2ccc(CCCN)s2)s1. The molecule has 3 heteroatoms. The molecule has 2 aromatic heterocycles. The molecule has 0 aromatic carbocycles. The van der Waals surface area contributed by atoms with E-state index in [-0.39, 0.29) is 0 Å². The minimum atomic E-state index is 0.783. The molecule has 0 saturated heterocycles. The van der Waals surface area contributed by atoms with Crippen molar-refractivity contribution in [2.75, 3.05) is 6.54 Å². The van der Waals surface area contributed by atoms with Gasteiger partial charge in [-0.2, -0.15) is 0 Å². The Balaban J connectivity index is 2.13. The average molecular weight is 237 g/mol. The molecule has 2 rings (SSSR count). The van der Waals surface area contributed by atoms with Crippen LogP contribution in [0.5, 0.6) is 0 Å². The number of hydrogen-bond donors (Lipinski definition) is 1. The van der Waals surface area contributed by atoms with Crippen LogP contribution in [0.25, 0.3) is 9.75 Å². The lowest BCUT2D eigenvalue weighted by molar-refractivity contribution is 0.843. The van der Waals surface area contributed by atoms with E-state index < -0.39 is 0 Å². The van der Waals surface area contributed by atoms with E-state index in [1.807, 2.05) is 22.7 Å². The summed E-state index contributed by atoms with van der Waals surface area (Å²) >= 11 is 3.76. The number of nitrogens with two attached hydrogens (primary N) is 1. The van der Waals surface area contributed by atoms with E-state index in [9.17, 15) is 0 Å². The van der Waals surface area contributed by atoms with Crippen LogP contribution in [-0.4, -0.2) is 6.54 Å². The van der Waals surface area contributed by atoms with Crippen LogP contribution in [0.2, 0.25) is 0 Å². The first kappa shape index (κ1) is 10.9. The lowest BCUT2D eigenvalue weighted by Gasteiger charge is -1.92. The molecule has 2 aromatic rings. The van der Waals surface area contributed by atoms with E-state index in [0.717, 1.165) is 19.4 Å². The molecule has 0 atom stereocenters. The fourth-order valence-electron chi connectivity index (χ4n) is 1.49. The second-order valence-electron chi connectivity index (χ2n) is 3.57. The summed E-state index contributed by atoms with van der Waals surface area (Å²) in [6.07, 6.45) is 2.20. The van der Waals surface area contributed by atoms with Crippen molar-refractivity contribution in [2.45, 2.75) is 19.8 Å². The fraction of sp³-hybridized carbons (Fsp3) is 0.333. The normalized spacial score (nSPS) is 10.8. The first-order valence-corrected chi connectivity index (χ1v) is 6.78. The molecule has 1 nitrogen and oxygen atoms in total. The molecule has 0 amide bonds. The van der Waals surface area contributed by atoms with Crippen molar-refractivity contribution in [3.8, 4) is 9.75 Å². The molecule has 15 heavy (non-hydrogen) atoms. The van der Waals surface area contributed by atoms with Gasteiger partial charge >= 0.3 is 0 Å². The van der Waals surface area contributed by atoms with Crippen LogP contribution in [0, 0.1) is 6.92 Å².